The lowest BCUT2D eigenvalue weighted by atomic mass is 9.69. The van der Waals surface area contributed by atoms with Gasteiger partial charge >= 0.3 is 0 Å². The van der Waals surface area contributed by atoms with Crippen molar-refractivity contribution in [1.82, 2.24) is 0 Å². The third kappa shape index (κ3) is 2.28. The topological polar surface area (TPSA) is 40.5 Å². The van der Waals surface area contributed by atoms with Crippen molar-refractivity contribution in [3.05, 3.63) is 35.9 Å². The Morgan fingerprint density at radius 1 is 1.12 bits per heavy atom. The fourth-order valence-electron chi connectivity index (χ4n) is 2.80. The third-order valence-electron chi connectivity index (χ3n) is 3.88. The van der Waals surface area contributed by atoms with Crippen LogP contribution in [0.15, 0.2) is 30.3 Å². The fraction of sp³-hybridized carbons (Fsp3) is 0.571. The zero-order valence-electron chi connectivity index (χ0n) is 9.60. The maximum atomic E-state index is 9.45. The Kier molecular flexibility index (Phi) is 3.62. The van der Waals surface area contributed by atoms with Crippen LogP contribution in [0.4, 0.5) is 0 Å². The van der Waals surface area contributed by atoms with Crippen LogP contribution in [0.5, 0.6) is 0 Å². The van der Waals surface area contributed by atoms with E-state index >= 15 is 0 Å². The first kappa shape index (κ1) is 11.6. The van der Waals surface area contributed by atoms with E-state index in [0.717, 1.165) is 19.3 Å². The van der Waals surface area contributed by atoms with Gasteiger partial charge in [0.2, 0.25) is 0 Å². The maximum absolute atomic E-state index is 9.45. The molecule has 1 unspecified atom stereocenters. The number of aliphatic hydroxyl groups excluding tert-OH is 2. The summed E-state index contributed by atoms with van der Waals surface area (Å²) in [4.78, 5) is 0. The van der Waals surface area contributed by atoms with E-state index < -0.39 is 0 Å². The van der Waals surface area contributed by atoms with Gasteiger partial charge in [-0.2, -0.15) is 0 Å². The molecule has 1 aromatic rings. The molecule has 2 heteroatoms. The summed E-state index contributed by atoms with van der Waals surface area (Å²) >= 11 is 0. The summed E-state index contributed by atoms with van der Waals surface area (Å²) in [7, 11) is 0. The highest BCUT2D eigenvalue weighted by atomic mass is 16.3. The lowest BCUT2D eigenvalue weighted by Crippen LogP contribution is -2.34. The van der Waals surface area contributed by atoms with E-state index in [1.54, 1.807) is 0 Å². The molecule has 1 saturated carbocycles. The number of hydrogen-bond donors (Lipinski definition) is 2. The van der Waals surface area contributed by atoms with E-state index in [9.17, 15) is 10.2 Å². The molecule has 0 aliphatic heterocycles. The highest BCUT2D eigenvalue weighted by Gasteiger charge is 2.35. The van der Waals surface area contributed by atoms with Gasteiger partial charge in [0.05, 0.1) is 13.2 Å². The predicted molar refractivity (Wildman–Crippen MR) is 64.3 cm³/mol. The van der Waals surface area contributed by atoms with Gasteiger partial charge in [-0.1, -0.05) is 36.8 Å². The third-order valence-corrected chi connectivity index (χ3v) is 3.88. The highest BCUT2D eigenvalue weighted by Crippen LogP contribution is 2.43. The van der Waals surface area contributed by atoms with Crippen LogP contribution in [0.2, 0.25) is 0 Å². The summed E-state index contributed by atoms with van der Waals surface area (Å²) in [5.41, 5.74) is 1.09. The van der Waals surface area contributed by atoms with E-state index in [2.05, 4.69) is 24.3 Å². The first-order valence-corrected chi connectivity index (χ1v) is 6.06. The van der Waals surface area contributed by atoms with Gasteiger partial charge in [-0.05, 0) is 30.7 Å². The Hall–Kier alpha value is -0.860. The molecule has 88 valence electrons. The average molecular weight is 220 g/mol. The molecule has 0 spiro atoms. The molecular formula is C14H20O2. The minimum atomic E-state index is -0.251. The van der Waals surface area contributed by atoms with Gasteiger partial charge in [-0.3, -0.25) is 0 Å². The van der Waals surface area contributed by atoms with Crippen molar-refractivity contribution in [3.8, 4) is 0 Å². The van der Waals surface area contributed by atoms with Crippen LogP contribution in [0.1, 0.15) is 37.2 Å². The summed E-state index contributed by atoms with van der Waals surface area (Å²) in [5.74, 6) is 0.495. The van der Waals surface area contributed by atoms with Crippen LogP contribution in [0, 0.1) is 5.41 Å². The summed E-state index contributed by atoms with van der Waals surface area (Å²) in [5, 5.41) is 18.9. The summed E-state index contributed by atoms with van der Waals surface area (Å²) in [6.45, 7) is 0.208. The largest absolute Gasteiger partial charge is 0.396 e. The Morgan fingerprint density at radius 3 is 2.44 bits per heavy atom. The van der Waals surface area contributed by atoms with E-state index in [1.807, 2.05) is 6.07 Å². The highest BCUT2D eigenvalue weighted by molar-refractivity contribution is 5.20. The molecule has 1 aliphatic carbocycles. The van der Waals surface area contributed by atoms with Gasteiger partial charge in [-0.25, -0.2) is 0 Å². The molecule has 1 aromatic carbocycles. The number of benzene rings is 1. The second-order valence-electron chi connectivity index (χ2n) is 5.02. The quantitative estimate of drug-likeness (QED) is 0.820. The Labute approximate surface area is 96.9 Å². The molecule has 1 fully saturated rings. The monoisotopic (exact) mass is 220 g/mol. The molecule has 1 atom stereocenters. The molecule has 2 rings (SSSR count). The van der Waals surface area contributed by atoms with Crippen LogP contribution in [-0.4, -0.2) is 23.4 Å². The molecule has 0 bridgehead atoms. The second-order valence-corrected chi connectivity index (χ2v) is 5.02. The van der Waals surface area contributed by atoms with Crippen LogP contribution < -0.4 is 0 Å². The Morgan fingerprint density at radius 2 is 1.81 bits per heavy atom. The number of aliphatic hydroxyl groups is 2. The van der Waals surface area contributed by atoms with Crippen LogP contribution in [0.3, 0.4) is 0 Å². The normalized spacial score (nSPS) is 24.2. The Bertz CT molecular complexity index is 317. The summed E-state index contributed by atoms with van der Waals surface area (Å²) in [6, 6.07) is 10.4. The van der Waals surface area contributed by atoms with Crippen molar-refractivity contribution in [2.24, 2.45) is 5.41 Å². The summed E-state index contributed by atoms with van der Waals surface area (Å²) < 4.78 is 0. The van der Waals surface area contributed by atoms with Crippen LogP contribution >= 0.6 is 0 Å². The molecule has 0 aromatic heterocycles. The van der Waals surface area contributed by atoms with Crippen molar-refractivity contribution in [1.29, 1.82) is 0 Å². The number of hydrogen-bond acceptors (Lipinski definition) is 2. The molecule has 1 aliphatic rings. The fourth-order valence-corrected chi connectivity index (χ4v) is 2.80. The average Bonchev–Trinajstić information content (AvgIpc) is 2.40. The SMILES string of the molecule is OCC1(CO)CCCC(c2ccccc2)C1. The van der Waals surface area contributed by atoms with Crippen molar-refractivity contribution in [3.63, 3.8) is 0 Å². The predicted octanol–water partition coefficient (Wildman–Crippen LogP) is 2.32. The minimum Gasteiger partial charge on any atom is -0.396 e. The van der Waals surface area contributed by atoms with Gasteiger partial charge < -0.3 is 10.2 Å². The van der Waals surface area contributed by atoms with E-state index in [1.165, 1.54) is 12.0 Å². The molecular weight excluding hydrogens is 200 g/mol. The number of rotatable bonds is 3. The van der Waals surface area contributed by atoms with E-state index in [0.29, 0.717) is 5.92 Å². The zero-order valence-corrected chi connectivity index (χ0v) is 9.60. The molecule has 2 nitrogen and oxygen atoms in total. The van der Waals surface area contributed by atoms with Gasteiger partial charge in [-0.15, -0.1) is 0 Å². The van der Waals surface area contributed by atoms with E-state index in [4.69, 9.17) is 0 Å². The smallest absolute Gasteiger partial charge is 0.0509 e. The van der Waals surface area contributed by atoms with Crippen LogP contribution in [0.25, 0.3) is 0 Å². The van der Waals surface area contributed by atoms with Crippen molar-refractivity contribution < 1.29 is 10.2 Å². The molecule has 0 saturated heterocycles. The maximum Gasteiger partial charge on any atom is 0.0509 e. The standard InChI is InChI=1S/C14H20O2/c15-10-14(11-16)8-4-7-13(9-14)12-5-2-1-3-6-12/h1-3,5-6,13,15-16H,4,7-11H2. The van der Waals surface area contributed by atoms with Crippen molar-refractivity contribution >= 4 is 0 Å². The minimum absolute atomic E-state index is 0.104. The lowest BCUT2D eigenvalue weighted by Gasteiger charge is -2.38. The molecule has 0 radical (unpaired) electrons. The Balaban J connectivity index is 2.13. The van der Waals surface area contributed by atoms with Crippen LogP contribution in [-0.2, 0) is 0 Å². The zero-order chi connectivity index (χ0) is 11.4. The van der Waals surface area contributed by atoms with Crippen molar-refractivity contribution in [2.45, 2.75) is 31.6 Å². The van der Waals surface area contributed by atoms with Gasteiger partial charge in [0.1, 0.15) is 0 Å². The van der Waals surface area contributed by atoms with Crippen molar-refractivity contribution in [2.75, 3.05) is 13.2 Å². The molecule has 0 heterocycles. The summed E-state index contributed by atoms with van der Waals surface area (Å²) in [6.07, 6.45) is 4.12. The lowest BCUT2D eigenvalue weighted by molar-refractivity contribution is 0.0164. The van der Waals surface area contributed by atoms with Gasteiger partial charge in [0.25, 0.3) is 0 Å². The molecule has 16 heavy (non-hydrogen) atoms. The van der Waals surface area contributed by atoms with Gasteiger partial charge in [0, 0.05) is 5.41 Å². The first-order valence-electron chi connectivity index (χ1n) is 6.06. The van der Waals surface area contributed by atoms with E-state index in [-0.39, 0.29) is 18.6 Å². The second kappa shape index (κ2) is 4.98. The molecule has 2 N–H and O–H groups in total. The first-order chi connectivity index (χ1) is 7.79. The molecule has 0 amide bonds. The van der Waals surface area contributed by atoms with Gasteiger partial charge in [0.15, 0.2) is 0 Å².